The van der Waals surface area contributed by atoms with Gasteiger partial charge in [0.1, 0.15) is 5.82 Å². The molecule has 2 aromatic carbocycles. The first-order chi connectivity index (χ1) is 10.0. The first kappa shape index (κ1) is 15.8. The minimum absolute atomic E-state index is 0.0356. The average Bonchev–Trinajstić information content (AvgIpc) is 2.41. The maximum atomic E-state index is 13.5. The summed E-state index contributed by atoms with van der Waals surface area (Å²) in [5, 5.41) is 0.685. The van der Waals surface area contributed by atoms with Crippen LogP contribution in [-0.4, -0.2) is 12.6 Å². The lowest BCUT2D eigenvalue weighted by atomic mass is 10.0. The van der Waals surface area contributed by atoms with Crippen LogP contribution in [-0.2, 0) is 6.42 Å². The van der Waals surface area contributed by atoms with Gasteiger partial charge in [-0.05, 0) is 62.2 Å². The molecule has 0 amide bonds. The van der Waals surface area contributed by atoms with Crippen molar-refractivity contribution in [3.05, 3.63) is 58.9 Å². The van der Waals surface area contributed by atoms with Crippen LogP contribution < -0.4 is 10.6 Å². The van der Waals surface area contributed by atoms with E-state index in [2.05, 4.69) is 4.90 Å². The summed E-state index contributed by atoms with van der Waals surface area (Å²) in [5.41, 5.74) is 8.84. The number of nitrogens with two attached hydrogens (primary N) is 1. The largest absolute Gasteiger partial charge is 0.341 e. The van der Waals surface area contributed by atoms with Gasteiger partial charge in [-0.3, -0.25) is 0 Å². The quantitative estimate of drug-likeness (QED) is 0.879. The predicted octanol–water partition coefficient (Wildman–Crippen LogP) is 4.53. The molecule has 112 valence electrons. The molecule has 0 aromatic heterocycles. The molecule has 21 heavy (non-hydrogen) atoms. The molecule has 0 heterocycles. The Hall–Kier alpha value is -1.58. The van der Waals surface area contributed by atoms with Gasteiger partial charge in [0, 0.05) is 29.0 Å². The zero-order valence-electron chi connectivity index (χ0n) is 12.3. The first-order valence-electron chi connectivity index (χ1n) is 7.08. The lowest BCUT2D eigenvalue weighted by molar-refractivity contribution is 0.627. The Kier molecular flexibility index (Phi) is 5.21. The van der Waals surface area contributed by atoms with E-state index in [0.717, 1.165) is 29.9 Å². The van der Waals surface area contributed by atoms with Crippen molar-refractivity contribution in [2.75, 3.05) is 11.4 Å². The molecule has 2 nitrogen and oxygen atoms in total. The highest BCUT2D eigenvalue weighted by molar-refractivity contribution is 6.30. The third-order valence-electron chi connectivity index (χ3n) is 3.31. The Balaban J connectivity index is 2.46. The fraction of sp³-hybridized carbons (Fsp3) is 0.294. The van der Waals surface area contributed by atoms with Crippen LogP contribution in [0.4, 0.5) is 15.8 Å². The standard InChI is InChI=1S/C17H20ClFN2/c1-3-21(16-6-4-5-15(19)11-16)17-8-7-14(18)10-13(17)9-12(2)20/h4-8,10-12H,3,9,20H2,1-2H3. The predicted molar refractivity (Wildman–Crippen MR) is 87.9 cm³/mol. The number of anilines is 2. The van der Waals surface area contributed by atoms with E-state index in [-0.39, 0.29) is 11.9 Å². The highest BCUT2D eigenvalue weighted by Crippen LogP contribution is 2.31. The van der Waals surface area contributed by atoms with Crippen LogP contribution in [0.25, 0.3) is 0 Å². The van der Waals surface area contributed by atoms with Crippen LogP contribution >= 0.6 is 11.6 Å². The van der Waals surface area contributed by atoms with Gasteiger partial charge in [-0.2, -0.15) is 0 Å². The third kappa shape index (κ3) is 3.96. The van der Waals surface area contributed by atoms with Crippen LogP contribution in [0, 0.1) is 5.82 Å². The van der Waals surface area contributed by atoms with E-state index in [9.17, 15) is 4.39 Å². The van der Waals surface area contributed by atoms with Gasteiger partial charge >= 0.3 is 0 Å². The van der Waals surface area contributed by atoms with E-state index in [4.69, 9.17) is 17.3 Å². The molecular weight excluding hydrogens is 287 g/mol. The minimum atomic E-state index is -0.242. The smallest absolute Gasteiger partial charge is 0.125 e. The summed E-state index contributed by atoms with van der Waals surface area (Å²) in [6, 6.07) is 12.4. The van der Waals surface area contributed by atoms with Crippen molar-refractivity contribution in [2.24, 2.45) is 5.73 Å². The van der Waals surface area contributed by atoms with E-state index in [1.807, 2.05) is 38.1 Å². The van der Waals surface area contributed by atoms with Crippen LogP contribution in [0.15, 0.2) is 42.5 Å². The van der Waals surface area contributed by atoms with Crippen molar-refractivity contribution < 1.29 is 4.39 Å². The molecule has 4 heteroatoms. The summed E-state index contributed by atoms with van der Waals surface area (Å²) in [4.78, 5) is 2.07. The Bertz CT molecular complexity index is 613. The van der Waals surface area contributed by atoms with Crippen molar-refractivity contribution in [3.8, 4) is 0 Å². The van der Waals surface area contributed by atoms with E-state index < -0.39 is 0 Å². The van der Waals surface area contributed by atoms with Crippen LogP contribution in [0.2, 0.25) is 5.02 Å². The molecular formula is C17H20ClFN2. The zero-order valence-corrected chi connectivity index (χ0v) is 13.1. The van der Waals surface area contributed by atoms with Crippen molar-refractivity contribution in [3.63, 3.8) is 0 Å². The van der Waals surface area contributed by atoms with E-state index >= 15 is 0 Å². The van der Waals surface area contributed by atoms with Gasteiger partial charge in [0.25, 0.3) is 0 Å². The Morgan fingerprint density at radius 1 is 1.24 bits per heavy atom. The Morgan fingerprint density at radius 2 is 2.00 bits per heavy atom. The maximum Gasteiger partial charge on any atom is 0.125 e. The summed E-state index contributed by atoms with van der Waals surface area (Å²) < 4.78 is 13.5. The van der Waals surface area contributed by atoms with E-state index in [0.29, 0.717) is 5.02 Å². The molecule has 0 saturated carbocycles. The second-order valence-corrected chi connectivity index (χ2v) is 5.62. The third-order valence-corrected chi connectivity index (χ3v) is 3.55. The SMILES string of the molecule is CCN(c1cccc(F)c1)c1ccc(Cl)cc1CC(C)N. The van der Waals surface area contributed by atoms with E-state index in [1.54, 1.807) is 6.07 Å². The number of halogens is 2. The molecule has 0 saturated heterocycles. The van der Waals surface area contributed by atoms with Gasteiger partial charge in [-0.25, -0.2) is 4.39 Å². The highest BCUT2D eigenvalue weighted by atomic mass is 35.5. The minimum Gasteiger partial charge on any atom is -0.341 e. The topological polar surface area (TPSA) is 29.3 Å². The van der Waals surface area contributed by atoms with Gasteiger partial charge in [-0.15, -0.1) is 0 Å². The molecule has 1 atom stereocenters. The maximum absolute atomic E-state index is 13.5. The second-order valence-electron chi connectivity index (χ2n) is 5.18. The summed E-state index contributed by atoms with van der Waals surface area (Å²) in [5.74, 6) is -0.242. The number of benzene rings is 2. The fourth-order valence-corrected chi connectivity index (χ4v) is 2.66. The molecule has 2 rings (SSSR count). The van der Waals surface area contributed by atoms with Crippen LogP contribution in [0.5, 0.6) is 0 Å². The Labute approximate surface area is 130 Å². The lowest BCUT2D eigenvalue weighted by Gasteiger charge is -2.26. The second kappa shape index (κ2) is 6.92. The average molecular weight is 307 g/mol. The van der Waals surface area contributed by atoms with Gasteiger partial charge in [0.15, 0.2) is 0 Å². The molecule has 0 aliphatic carbocycles. The lowest BCUT2D eigenvalue weighted by Crippen LogP contribution is -2.22. The zero-order chi connectivity index (χ0) is 15.4. The summed E-state index contributed by atoms with van der Waals surface area (Å²) in [6.45, 7) is 4.73. The van der Waals surface area contributed by atoms with Crippen molar-refractivity contribution in [2.45, 2.75) is 26.3 Å². The molecule has 0 aliphatic rings. The first-order valence-corrected chi connectivity index (χ1v) is 7.46. The number of nitrogens with zero attached hydrogens (tertiary/aromatic N) is 1. The molecule has 0 bridgehead atoms. The number of rotatable bonds is 5. The molecule has 2 aromatic rings. The van der Waals surface area contributed by atoms with Crippen molar-refractivity contribution in [1.82, 2.24) is 0 Å². The fourth-order valence-electron chi connectivity index (χ4n) is 2.46. The van der Waals surface area contributed by atoms with Gasteiger partial charge in [0.05, 0.1) is 0 Å². The number of hydrogen-bond donors (Lipinski definition) is 1. The monoisotopic (exact) mass is 306 g/mol. The molecule has 2 N–H and O–H groups in total. The van der Waals surface area contributed by atoms with Gasteiger partial charge in [-0.1, -0.05) is 17.7 Å². The van der Waals surface area contributed by atoms with Crippen molar-refractivity contribution >= 4 is 23.0 Å². The van der Waals surface area contributed by atoms with Crippen LogP contribution in [0.1, 0.15) is 19.4 Å². The highest BCUT2D eigenvalue weighted by Gasteiger charge is 2.14. The summed E-state index contributed by atoms with van der Waals surface area (Å²) in [7, 11) is 0. The van der Waals surface area contributed by atoms with Crippen molar-refractivity contribution in [1.29, 1.82) is 0 Å². The summed E-state index contributed by atoms with van der Waals surface area (Å²) in [6.07, 6.45) is 0.724. The molecule has 0 aliphatic heterocycles. The van der Waals surface area contributed by atoms with Crippen LogP contribution in [0.3, 0.4) is 0 Å². The molecule has 0 spiro atoms. The molecule has 1 unspecified atom stereocenters. The molecule has 0 fully saturated rings. The van der Waals surface area contributed by atoms with Gasteiger partial charge in [0.2, 0.25) is 0 Å². The summed E-state index contributed by atoms with van der Waals surface area (Å²) >= 11 is 6.10. The Morgan fingerprint density at radius 3 is 2.62 bits per heavy atom. The number of hydrogen-bond acceptors (Lipinski definition) is 2. The van der Waals surface area contributed by atoms with Gasteiger partial charge < -0.3 is 10.6 Å². The molecule has 0 radical (unpaired) electrons. The van der Waals surface area contributed by atoms with E-state index in [1.165, 1.54) is 12.1 Å². The normalized spacial score (nSPS) is 12.2.